The molecule has 3 aromatic rings. The smallest absolute Gasteiger partial charge is 0.262 e. The summed E-state index contributed by atoms with van der Waals surface area (Å²) < 4.78 is 33.1. The molecule has 0 saturated carbocycles. The van der Waals surface area contributed by atoms with E-state index in [2.05, 4.69) is 15.4 Å². The second-order valence-corrected chi connectivity index (χ2v) is 10.2. The maximum Gasteiger partial charge on any atom is 0.262 e. The van der Waals surface area contributed by atoms with Crippen molar-refractivity contribution in [1.82, 2.24) is 0 Å². The molecule has 0 aliphatic heterocycles. The van der Waals surface area contributed by atoms with E-state index >= 15 is 0 Å². The first kappa shape index (κ1) is 24.8. The van der Waals surface area contributed by atoms with E-state index < -0.39 is 21.3 Å². The summed E-state index contributed by atoms with van der Waals surface area (Å²) in [5.41, 5.74) is 1.24. The van der Waals surface area contributed by atoms with Gasteiger partial charge >= 0.3 is 0 Å². The molecule has 9 heteroatoms. The van der Waals surface area contributed by atoms with Gasteiger partial charge in [0.25, 0.3) is 15.9 Å². The van der Waals surface area contributed by atoms with E-state index in [1.165, 1.54) is 31.4 Å². The van der Waals surface area contributed by atoms with Gasteiger partial charge in [0, 0.05) is 22.4 Å². The molecule has 8 nitrogen and oxygen atoms in total. The fourth-order valence-corrected chi connectivity index (χ4v) is 3.95. The predicted molar refractivity (Wildman–Crippen MR) is 133 cm³/mol. The minimum Gasteiger partial charge on any atom is -0.495 e. The van der Waals surface area contributed by atoms with Crippen molar-refractivity contribution in [1.29, 1.82) is 0 Å². The second kappa shape index (κ2) is 9.96. The van der Waals surface area contributed by atoms with Crippen LogP contribution in [0.15, 0.2) is 77.7 Å². The number of nitrogens with one attached hydrogen (secondary N) is 3. The summed E-state index contributed by atoms with van der Waals surface area (Å²) in [7, 11) is -2.41. The van der Waals surface area contributed by atoms with Gasteiger partial charge in [0.15, 0.2) is 0 Å². The van der Waals surface area contributed by atoms with Gasteiger partial charge in [-0.15, -0.1) is 0 Å². The van der Waals surface area contributed by atoms with Gasteiger partial charge in [-0.3, -0.25) is 14.3 Å². The van der Waals surface area contributed by atoms with Crippen LogP contribution in [-0.4, -0.2) is 27.3 Å². The van der Waals surface area contributed by atoms with Crippen LogP contribution in [0.2, 0.25) is 0 Å². The van der Waals surface area contributed by atoms with E-state index in [1.54, 1.807) is 48.5 Å². The van der Waals surface area contributed by atoms with Gasteiger partial charge in [-0.1, -0.05) is 32.9 Å². The van der Waals surface area contributed by atoms with Crippen LogP contribution in [0.3, 0.4) is 0 Å². The van der Waals surface area contributed by atoms with Crippen LogP contribution in [0, 0.1) is 5.41 Å². The zero-order chi connectivity index (χ0) is 24.9. The van der Waals surface area contributed by atoms with Gasteiger partial charge in [0.1, 0.15) is 5.75 Å². The highest BCUT2D eigenvalue weighted by atomic mass is 32.2. The monoisotopic (exact) mass is 481 g/mol. The molecule has 0 aliphatic rings. The van der Waals surface area contributed by atoms with Crippen molar-refractivity contribution in [3.63, 3.8) is 0 Å². The maximum absolute atomic E-state index is 12.7. The Bertz CT molecular complexity index is 1280. The summed E-state index contributed by atoms with van der Waals surface area (Å²) in [5, 5.41) is 5.57. The van der Waals surface area contributed by atoms with Crippen LogP contribution in [-0.2, 0) is 14.8 Å². The fourth-order valence-electron chi connectivity index (χ4n) is 2.88. The lowest BCUT2D eigenvalue weighted by molar-refractivity contribution is -0.123. The van der Waals surface area contributed by atoms with E-state index in [4.69, 9.17) is 4.74 Å². The molecule has 2 amide bonds. The molecule has 0 atom stereocenters. The molecule has 0 saturated heterocycles. The number of methoxy groups -OCH3 is 1. The highest BCUT2D eigenvalue weighted by molar-refractivity contribution is 7.92. The molecule has 34 heavy (non-hydrogen) atoms. The van der Waals surface area contributed by atoms with Crippen LogP contribution < -0.4 is 20.1 Å². The fraction of sp³-hybridized carbons (Fsp3) is 0.200. The van der Waals surface area contributed by atoms with Gasteiger partial charge in [0.2, 0.25) is 5.91 Å². The third-order valence-corrected chi connectivity index (χ3v) is 6.24. The Kier molecular flexibility index (Phi) is 7.26. The SMILES string of the molecule is COc1ccccc1NS(=O)(=O)c1ccc(C(=O)Nc2ccc(NC(=O)C(C)(C)C)cc2)cc1. The minimum atomic E-state index is -3.87. The summed E-state index contributed by atoms with van der Waals surface area (Å²) in [6, 6.07) is 19.0. The van der Waals surface area contributed by atoms with Gasteiger partial charge in [-0.2, -0.15) is 0 Å². The molecule has 0 heterocycles. The topological polar surface area (TPSA) is 114 Å². The van der Waals surface area contributed by atoms with E-state index in [-0.39, 0.29) is 10.8 Å². The highest BCUT2D eigenvalue weighted by Crippen LogP contribution is 2.26. The molecular formula is C25H27N3O5S. The highest BCUT2D eigenvalue weighted by Gasteiger charge is 2.21. The van der Waals surface area contributed by atoms with Crippen LogP contribution in [0.4, 0.5) is 17.1 Å². The van der Waals surface area contributed by atoms with Crippen molar-refractivity contribution in [2.75, 3.05) is 22.5 Å². The van der Waals surface area contributed by atoms with E-state index in [1.807, 2.05) is 20.8 Å². The Balaban J connectivity index is 1.66. The molecule has 178 valence electrons. The number of amides is 2. The number of rotatable bonds is 7. The number of carbonyl (C=O) groups excluding carboxylic acids is 2. The largest absolute Gasteiger partial charge is 0.495 e. The Labute approximate surface area is 199 Å². The van der Waals surface area contributed by atoms with Crippen molar-refractivity contribution in [2.24, 2.45) is 5.41 Å². The van der Waals surface area contributed by atoms with Gasteiger partial charge < -0.3 is 15.4 Å². The zero-order valence-electron chi connectivity index (χ0n) is 19.4. The average Bonchev–Trinajstić information content (AvgIpc) is 2.80. The van der Waals surface area contributed by atoms with Crippen LogP contribution in [0.1, 0.15) is 31.1 Å². The summed E-state index contributed by atoms with van der Waals surface area (Å²) in [5.74, 6) is -0.112. The number of carbonyl (C=O) groups is 2. The lowest BCUT2D eigenvalue weighted by Crippen LogP contribution is -2.27. The van der Waals surface area contributed by atoms with Crippen molar-refractivity contribution in [3.05, 3.63) is 78.4 Å². The molecule has 0 fully saturated rings. The van der Waals surface area contributed by atoms with Crippen molar-refractivity contribution >= 4 is 38.9 Å². The lowest BCUT2D eigenvalue weighted by atomic mass is 9.95. The number of sulfonamides is 1. The maximum atomic E-state index is 12.7. The number of hydrogen-bond acceptors (Lipinski definition) is 5. The second-order valence-electron chi connectivity index (χ2n) is 8.57. The van der Waals surface area contributed by atoms with Crippen molar-refractivity contribution < 1.29 is 22.7 Å². The lowest BCUT2D eigenvalue weighted by Gasteiger charge is -2.17. The Morgan fingerprint density at radius 3 is 1.91 bits per heavy atom. The van der Waals surface area contributed by atoms with Gasteiger partial charge in [-0.25, -0.2) is 8.42 Å². The normalized spacial score (nSPS) is 11.4. The third kappa shape index (κ3) is 6.14. The predicted octanol–water partition coefficient (Wildman–Crippen LogP) is 4.73. The number of hydrogen-bond donors (Lipinski definition) is 3. The van der Waals surface area contributed by atoms with Gasteiger partial charge in [0.05, 0.1) is 17.7 Å². The number of para-hydroxylation sites is 2. The molecule has 0 radical (unpaired) electrons. The molecule has 3 aromatic carbocycles. The molecule has 3 N–H and O–H groups in total. The quantitative estimate of drug-likeness (QED) is 0.451. The van der Waals surface area contributed by atoms with Crippen molar-refractivity contribution in [3.8, 4) is 5.75 Å². The zero-order valence-corrected chi connectivity index (χ0v) is 20.2. The van der Waals surface area contributed by atoms with E-state index in [9.17, 15) is 18.0 Å². The Morgan fingerprint density at radius 2 is 1.35 bits per heavy atom. The first-order chi connectivity index (χ1) is 16.0. The van der Waals surface area contributed by atoms with Crippen LogP contribution in [0.25, 0.3) is 0 Å². The summed E-state index contributed by atoms with van der Waals surface area (Å²) in [6.45, 7) is 5.46. The van der Waals surface area contributed by atoms with E-state index in [0.717, 1.165) is 0 Å². The van der Waals surface area contributed by atoms with Crippen molar-refractivity contribution in [2.45, 2.75) is 25.7 Å². The summed E-state index contributed by atoms with van der Waals surface area (Å²) in [6.07, 6.45) is 0. The number of ether oxygens (including phenoxy) is 1. The van der Waals surface area contributed by atoms with Crippen LogP contribution >= 0.6 is 0 Å². The molecule has 0 bridgehead atoms. The van der Waals surface area contributed by atoms with Gasteiger partial charge in [-0.05, 0) is 60.7 Å². The van der Waals surface area contributed by atoms with E-state index in [0.29, 0.717) is 28.4 Å². The molecular weight excluding hydrogens is 454 g/mol. The van der Waals surface area contributed by atoms with Crippen LogP contribution in [0.5, 0.6) is 5.75 Å². The molecule has 0 unspecified atom stereocenters. The average molecular weight is 482 g/mol. The molecule has 3 rings (SSSR count). The molecule has 0 aromatic heterocycles. The summed E-state index contributed by atoms with van der Waals surface area (Å²) >= 11 is 0. The molecule has 0 aliphatic carbocycles. The summed E-state index contributed by atoms with van der Waals surface area (Å²) in [4.78, 5) is 24.7. The standard InChI is InChI=1S/C25H27N3O5S/c1-25(2,3)24(30)27-19-13-11-18(12-14-19)26-23(29)17-9-15-20(16-10-17)34(31,32)28-21-7-5-6-8-22(21)33-4/h5-16,28H,1-4H3,(H,26,29)(H,27,30). The number of benzene rings is 3. The first-order valence-electron chi connectivity index (χ1n) is 10.5. The minimum absolute atomic E-state index is 0.00824. The first-order valence-corrected chi connectivity index (χ1v) is 12.0. The third-order valence-electron chi connectivity index (χ3n) is 4.86. The molecule has 0 spiro atoms. The Hall–Kier alpha value is -3.85. The Morgan fingerprint density at radius 1 is 0.794 bits per heavy atom. The number of anilines is 3.